The van der Waals surface area contributed by atoms with E-state index >= 15 is 0 Å². The fourth-order valence-corrected chi connectivity index (χ4v) is 4.67. The number of thiazole rings is 1. The van der Waals surface area contributed by atoms with E-state index in [1.807, 2.05) is 30.3 Å². The number of non-ortho nitro benzene ring substituents is 1. The minimum atomic E-state index is -0.716. The maximum absolute atomic E-state index is 13.5. The normalized spacial score (nSPS) is 15.5. The van der Waals surface area contributed by atoms with Gasteiger partial charge in [0.15, 0.2) is 4.80 Å². The molecule has 0 N–H and O–H groups in total. The molecule has 1 aromatic heterocycles. The first-order valence-electron chi connectivity index (χ1n) is 10.0. The highest BCUT2D eigenvalue weighted by atomic mass is 32.1. The second-order valence-corrected chi connectivity index (χ2v) is 8.24. The third-order valence-electron chi connectivity index (χ3n) is 5.07. The summed E-state index contributed by atoms with van der Waals surface area (Å²) in [6.07, 6.45) is 3.06. The number of allylic oxidation sites excluding steroid dienone is 1. The quantitative estimate of drug-likeness (QED) is 0.243. The smallest absolute Gasteiger partial charge is 0.338 e. The summed E-state index contributed by atoms with van der Waals surface area (Å²) in [6.45, 7) is 5.31. The first-order valence-corrected chi connectivity index (χ1v) is 10.8. The fourth-order valence-electron chi connectivity index (χ4n) is 3.63. The Morgan fingerprint density at radius 3 is 2.73 bits per heavy atom. The lowest BCUT2D eigenvalue weighted by Gasteiger charge is -2.24. The van der Waals surface area contributed by atoms with Gasteiger partial charge in [0.1, 0.15) is 6.61 Å². The average Bonchev–Trinajstić information content (AvgIpc) is 3.11. The number of rotatable bonds is 6. The van der Waals surface area contributed by atoms with E-state index < -0.39 is 16.9 Å². The van der Waals surface area contributed by atoms with E-state index in [9.17, 15) is 19.7 Å². The molecule has 8 nitrogen and oxygen atoms in total. The van der Waals surface area contributed by atoms with Gasteiger partial charge in [0.05, 0.1) is 26.8 Å². The molecule has 0 bridgehead atoms. The van der Waals surface area contributed by atoms with Crippen LogP contribution in [0.4, 0.5) is 5.69 Å². The molecule has 0 spiro atoms. The van der Waals surface area contributed by atoms with Crippen LogP contribution in [-0.4, -0.2) is 22.1 Å². The molecule has 0 saturated carbocycles. The topological polar surface area (TPSA) is 104 Å². The van der Waals surface area contributed by atoms with Crippen molar-refractivity contribution in [1.29, 1.82) is 0 Å². The van der Waals surface area contributed by atoms with E-state index in [4.69, 9.17) is 4.74 Å². The Hall–Kier alpha value is -4.11. The molecule has 2 heterocycles. The number of nitrogens with zero attached hydrogens (tertiary/aromatic N) is 3. The number of hydrogen-bond acceptors (Lipinski definition) is 7. The van der Waals surface area contributed by atoms with Gasteiger partial charge < -0.3 is 4.74 Å². The lowest BCUT2D eigenvalue weighted by molar-refractivity contribution is -0.384. The summed E-state index contributed by atoms with van der Waals surface area (Å²) in [5, 5.41) is 11.1. The van der Waals surface area contributed by atoms with E-state index in [-0.39, 0.29) is 23.4 Å². The van der Waals surface area contributed by atoms with Crippen molar-refractivity contribution in [3.63, 3.8) is 0 Å². The maximum atomic E-state index is 13.5. The number of carbonyl (C=O) groups is 1. The zero-order chi connectivity index (χ0) is 23.5. The van der Waals surface area contributed by atoms with Gasteiger partial charge in [-0.25, -0.2) is 9.79 Å². The molecule has 0 saturated heterocycles. The Labute approximate surface area is 192 Å². The second-order valence-electron chi connectivity index (χ2n) is 7.23. The van der Waals surface area contributed by atoms with Gasteiger partial charge in [-0.2, -0.15) is 0 Å². The number of aromatic nitrogens is 1. The van der Waals surface area contributed by atoms with E-state index in [2.05, 4.69) is 11.6 Å². The monoisotopic (exact) mass is 461 g/mol. The second kappa shape index (κ2) is 9.17. The summed E-state index contributed by atoms with van der Waals surface area (Å²) < 4.78 is 7.11. The van der Waals surface area contributed by atoms with Crippen molar-refractivity contribution in [2.75, 3.05) is 6.61 Å². The predicted octanol–water partition coefficient (Wildman–Crippen LogP) is 2.87. The molecule has 1 aliphatic heterocycles. The number of ether oxygens (including phenoxy) is 1. The lowest BCUT2D eigenvalue weighted by Crippen LogP contribution is -2.39. The van der Waals surface area contributed by atoms with Crippen LogP contribution in [0.1, 0.15) is 24.1 Å². The molecule has 0 aliphatic carbocycles. The first-order chi connectivity index (χ1) is 15.9. The Bertz CT molecular complexity index is 1470. The van der Waals surface area contributed by atoms with Crippen LogP contribution >= 0.6 is 11.3 Å². The van der Waals surface area contributed by atoms with E-state index in [1.165, 1.54) is 22.8 Å². The molecule has 33 heavy (non-hydrogen) atoms. The van der Waals surface area contributed by atoms with Crippen LogP contribution in [0.5, 0.6) is 0 Å². The van der Waals surface area contributed by atoms with Crippen molar-refractivity contribution in [3.05, 3.63) is 119 Å². The highest BCUT2D eigenvalue weighted by Crippen LogP contribution is 2.30. The molecule has 0 amide bonds. The summed E-state index contributed by atoms with van der Waals surface area (Å²) in [5.74, 6) is -0.571. The van der Waals surface area contributed by atoms with Gasteiger partial charge in [0.2, 0.25) is 0 Å². The van der Waals surface area contributed by atoms with E-state index in [1.54, 1.807) is 25.1 Å². The van der Waals surface area contributed by atoms with Gasteiger partial charge in [-0.3, -0.25) is 19.5 Å². The van der Waals surface area contributed by atoms with Gasteiger partial charge in [-0.05, 0) is 24.1 Å². The third-order valence-corrected chi connectivity index (χ3v) is 6.05. The molecule has 0 unspecified atom stereocenters. The Morgan fingerprint density at radius 2 is 2.03 bits per heavy atom. The van der Waals surface area contributed by atoms with E-state index in [0.29, 0.717) is 20.6 Å². The molecule has 4 rings (SSSR count). The molecule has 1 aliphatic rings. The predicted molar refractivity (Wildman–Crippen MR) is 124 cm³/mol. The Balaban J connectivity index is 1.91. The van der Waals surface area contributed by atoms with Crippen LogP contribution in [0.3, 0.4) is 0 Å². The SMILES string of the molecule is C=CCOC(=O)C1=C(C)N=c2s/c(=C\c3cccc([N+](=O)[O-])c3)c(=O)n2[C@H]1c1ccccc1. The zero-order valence-corrected chi connectivity index (χ0v) is 18.5. The summed E-state index contributed by atoms with van der Waals surface area (Å²) in [6, 6.07) is 14.5. The van der Waals surface area contributed by atoms with Gasteiger partial charge in [-0.15, -0.1) is 0 Å². The van der Waals surface area contributed by atoms with Crippen molar-refractivity contribution >= 4 is 29.1 Å². The van der Waals surface area contributed by atoms with Crippen molar-refractivity contribution in [1.82, 2.24) is 4.57 Å². The largest absolute Gasteiger partial charge is 0.458 e. The number of nitro benzene ring substituents is 1. The molecule has 0 fully saturated rings. The molecule has 166 valence electrons. The summed E-state index contributed by atoms with van der Waals surface area (Å²) in [5.41, 5.74) is 1.58. The molecular formula is C24H19N3O5S. The van der Waals surface area contributed by atoms with Crippen LogP contribution in [0, 0.1) is 10.1 Å². The van der Waals surface area contributed by atoms with Gasteiger partial charge in [0, 0.05) is 12.1 Å². The third kappa shape index (κ3) is 4.31. The van der Waals surface area contributed by atoms with Gasteiger partial charge >= 0.3 is 5.97 Å². The number of nitro groups is 1. The average molecular weight is 461 g/mol. The molecule has 2 aromatic carbocycles. The zero-order valence-electron chi connectivity index (χ0n) is 17.6. The standard InChI is InChI=1S/C24H19N3O5S/c1-3-12-32-23(29)20-15(2)25-24-26(21(20)17-9-5-4-6-10-17)22(28)19(33-24)14-16-8-7-11-18(13-16)27(30)31/h3-11,13-14,21H,1,12H2,2H3/b19-14-/t21-/m0/s1. The van der Waals surface area contributed by atoms with Crippen LogP contribution in [0.15, 0.2) is 88.3 Å². The number of hydrogen-bond donors (Lipinski definition) is 0. The first kappa shape index (κ1) is 22.1. The summed E-state index contributed by atoms with van der Waals surface area (Å²) in [4.78, 5) is 41.9. The van der Waals surface area contributed by atoms with Gasteiger partial charge in [0.25, 0.3) is 11.2 Å². The maximum Gasteiger partial charge on any atom is 0.338 e. The van der Waals surface area contributed by atoms with Crippen LogP contribution < -0.4 is 14.9 Å². The number of benzene rings is 2. The minimum Gasteiger partial charge on any atom is -0.458 e. The molecular weight excluding hydrogens is 442 g/mol. The van der Waals surface area contributed by atoms with Crippen LogP contribution in [0.2, 0.25) is 0 Å². The fraction of sp³-hybridized carbons (Fsp3) is 0.125. The number of esters is 1. The molecule has 9 heteroatoms. The highest BCUT2D eigenvalue weighted by molar-refractivity contribution is 7.07. The van der Waals surface area contributed by atoms with Crippen LogP contribution in [-0.2, 0) is 9.53 Å². The molecule has 0 radical (unpaired) electrons. The van der Waals surface area contributed by atoms with Crippen molar-refractivity contribution in [2.24, 2.45) is 4.99 Å². The Kier molecular flexibility index (Phi) is 6.14. The molecule has 3 aromatic rings. The van der Waals surface area contributed by atoms with Crippen molar-refractivity contribution in [3.8, 4) is 0 Å². The van der Waals surface area contributed by atoms with Crippen LogP contribution in [0.25, 0.3) is 6.08 Å². The lowest BCUT2D eigenvalue weighted by atomic mass is 9.96. The highest BCUT2D eigenvalue weighted by Gasteiger charge is 2.33. The number of carbonyl (C=O) groups excluding carboxylic acids is 1. The van der Waals surface area contributed by atoms with Crippen molar-refractivity contribution in [2.45, 2.75) is 13.0 Å². The minimum absolute atomic E-state index is 0.0360. The van der Waals surface area contributed by atoms with E-state index in [0.717, 1.165) is 16.9 Å². The molecule has 1 atom stereocenters. The Morgan fingerprint density at radius 1 is 1.27 bits per heavy atom. The summed E-state index contributed by atoms with van der Waals surface area (Å²) in [7, 11) is 0. The summed E-state index contributed by atoms with van der Waals surface area (Å²) >= 11 is 1.16. The van der Waals surface area contributed by atoms with Crippen molar-refractivity contribution < 1.29 is 14.5 Å². The van der Waals surface area contributed by atoms with Gasteiger partial charge in [-0.1, -0.05) is 66.5 Å². The number of fused-ring (bicyclic) bond motifs is 1.